The molecule has 0 aromatic rings. The average molecular weight is 228 g/mol. The lowest BCUT2D eigenvalue weighted by Gasteiger charge is -2.52. The van der Waals surface area contributed by atoms with E-state index in [9.17, 15) is 14.7 Å². The third-order valence-corrected chi connectivity index (χ3v) is 5.59. The predicted molar refractivity (Wildman–Crippen MR) is 54.2 cm³/mol. The van der Waals surface area contributed by atoms with Crippen molar-refractivity contribution >= 4 is 23.6 Å². The Morgan fingerprint density at radius 1 is 1.73 bits per heavy atom. The molecule has 3 N–H and O–H groups in total. The highest BCUT2D eigenvalue weighted by atomic mass is 32.2. The molecule has 1 aliphatic carbocycles. The van der Waals surface area contributed by atoms with E-state index in [4.69, 9.17) is 5.73 Å². The number of β-lactam (4-membered cyclic amide) rings is 1. The SMILES string of the molecule is CC12CSC3C(N)C(=O)N3C1(C(=O)O)C2. The second-order valence-corrected chi connectivity index (χ2v) is 5.94. The molecule has 0 bridgehead atoms. The van der Waals surface area contributed by atoms with Crippen molar-refractivity contribution in [2.75, 3.05) is 5.75 Å². The van der Waals surface area contributed by atoms with Crippen LogP contribution in [0.25, 0.3) is 0 Å². The summed E-state index contributed by atoms with van der Waals surface area (Å²) in [6.45, 7) is 1.93. The zero-order valence-electron chi connectivity index (χ0n) is 8.27. The molecule has 3 rings (SSSR count). The Kier molecular flexibility index (Phi) is 1.47. The van der Waals surface area contributed by atoms with Gasteiger partial charge in [-0.2, -0.15) is 0 Å². The first kappa shape index (κ1) is 9.47. The summed E-state index contributed by atoms with van der Waals surface area (Å²) in [4.78, 5) is 24.4. The normalized spacial score (nSPS) is 51.6. The molecule has 15 heavy (non-hydrogen) atoms. The number of fused-ring (bicyclic) bond motifs is 3. The van der Waals surface area contributed by atoms with Gasteiger partial charge in [0.25, 0.3) is 0 Å². The summed E-state index contributed by atoms with van der Waals surface area (Å²) in [7, 11) is 0. The van der Waals surface area contributed by atoms with Gasteiger partial charge in [-0.3, -0.25) is 4.79 Å². The van der Waals surface area contributed by atoms with Gasteiger partial charge in [0.15, 0.2) is 0 Å². The Bertz CT molecular complexity index is 388. The van der Waals surface area contributed by atoms with E-state index < -0.39 is 17.6 Å². The van der Waals surface area contributed by atoms with Crippen LogP contribution >= 0.6 is 11.8 Å². The molecular weight excluding hydrogens is 216 g/mol. The second-order valence-electron chi connectivity index (χ2n) is 4.84. The molecule has 3 fully saturated rings. The maximum absolute atomic E-state index is 11.6. The molecule has 4 atom stereocenters. The van der Waals surface area contributed by atoms with Gasteiger partial charge < -0.3 is 15.7 Å². The van der Waals surface area contributed by atoms with E-state index in [1.165, 1.54) is 4.90 Å². The van der Waals surface area contributed by atoms with E-state index in [-0.39, 0.29) is 16.7 Å². The number of rotatable bonds is 1. The fourth-order valence-corrected chi connectivity index (χ4v) is 4.48. The fraction of sp³-hybridized carbons (Fsp3) is 0.778. The van der Waals surface area contributed by atoms with E-state index >= 15 is 0 Å². The number of aliphatic carboxylic acids is 1. The predicted octanol–water partition coefficient (Wildman–Crippen LogP) is -0.538. The minimum absolute atomic E-state index is 0.121. The first-order chi connectivity index (χ1) is 6.94. The number of carboxylic acids is 1. The summed E-state index contributed by atoms with van der Waals surface area (Å²) in [5.41, 5.74) is 4.45. The van der Waals surface area contributed by atoms with Crippen LogP contribution in [0.2, 0.25) is 0 Å². The molecule has 2 aliphatic heterocycles. The Labute approximate surface area is 91.0 Å². The molecule has 82 valence electrons. The molecule has 2 saturated heterocycles. The number of thioether (sulfide) groups is 1. The van der Waals surface area contributed by atoms with Crippen molar-refractivity contribution < 1.29 is 14.7 Å². The number of hydrogen-bond acceptors (Lipinski definition) is 4. The topological polar surface area (TPSA) is 83.6 Å². The highest BCUT2D eigenvalue weighted by Gasteiger charge is 2.80. The molecule has 0 aromatic heterocycles. The van der Waals surface area contributed by atoms with Gasteiger partial charge in [-0.15, -0.1) is 11.8 Å². The van der Waals surface area contributed by atoms with Gasteiger partial charge in [-0.05, 0) is 6.42 Å². The van der Waals surface area contributed by atoms with Gasteiger partial charge in [0, 0.05) is 11.2 Å². The zero-order chi connectivity index (χ0) is 11.0. The van der Waals surface area contributed by atoms with E-state index in [0.717, 1.165) is 5.75 Å². The van der Waals surface area contributed by atoms with Crippen LogP contribution in [0.5, 0.6) is 0 Å². The summed E-state index contributed by atoms with van der Waals surface area (Å²) < 4.78 is 0. The number of nitrogens with zero attached hydrogens (tertiary/aromatic N) is 1. The minimum Gasteiger partial charge on any atom is -0.479 e. The lowest BCUT2D eigenvalue weighted by Crippen LogP contribution is -2.74. The molecule has 1 amide bonds. The second kappa shape index (κ2) is 2.32. The monoisotopic (exact) mass is 228 g/mol. The molecule has 5 nitrogen and oxygen atoms in total. The minimum atomic E-state index is -0.949. The summed E-state index contributed by atoms with van der Waals surface area (Å²) in [6.07, 6.45) is 0.567. The Hall–Kier alpha value is -0.750. The van der Waals surface area contributed by atoms with E-state index in [0.29, 0.717) is 6.42 Å². The zero-order valence-corrected chi connectivity index (χ0v) is 9.08. The molecule has 0 radical (unpaired) electrons. The van der Waals surface area contributed by atoms with Gasteiger partial charge in [-0.25, -0.2) is 4.79 Å². The average Bonchev–Trinajstić information content (AvgIpc) is 2.82. The smallest absolute Gasteiger partial charge is 0.330 e. The highest BCUT2D eigenvalue weighted by molar-refractivity contribution is 8.00. The van der Waals surface area contributed by atoms with Crippen LogP contribution in [-0.2, 0) is 9.59 Å². The van der Waals surface area contributed by atoms with Crippen LogP contribution in [0.4, 0.5) is 0 Å². The lowest BCUT2D eigenvalue weighted by atomic mass is 9.95. The van der Waals surface area contributed by atoms with Crippen LogP contribution in [-0.4, -0.2) is 44.6 Å². The van der Waals surface area contributed by atoms with Gasteiger partial charge in [0.1, 0.15) is 17.0 Å². The van der Waals surface area contributed by atoms with Crippen molar-refractivity contribution in [1.82, 2.24) is 4.90 Å². The van der Waals surface area contributed by atoms with Crippen LogP contribution in [0.15, 0.2) is 0 Å². The number of carboxylic acid groups (broad SMARTS) is 1. The third kappa shape index (κ3) is 0.784. The molecule has 4 unspecified atom stereocenters. The van der Waals surface area contributed by atoms with Gasteiger partial charge in [0.2, 0.25) is 5.91 Å². The van der Waals surface area contributed by atoms with Crippen molar-refractivity contribution in [2.24, 2.45) is 11.1 Å². The van der Waals surface area contributed by atoms with E-state index in [1.54, 1.807) is 11.8 Å². The van der Waals surface area contributed by atoms with Crippen LogP contribution in [0, 0.1) is 5.41 Å². The maximum Gasteiger partial charge on any atom is 0.330 e. The van der Waals surface area contributed by atoms with Crippen molar-refractivity contribution in [1.29, 1.82) is 0 Å². The van der Waals surface area contributed by atoms with Crippen LogP contribution < -0.4 is 5.73 Å². The summed E-state index contributed by atoms with van der Waals surface area (Å²) >= 11 is 1.61. The molecule has 0 aromatic carbocycles. The Morgan fingerprint density at radius 3 is 3.00 bits per heavy atom. The molecule has 3 aliphatic rings. The molecular formula is C9H12N2O3S. The van der Waals surface area contributed by atoms with Crippen molar-refractivity contribution in [3.05, 3.63) is 0 Å². The number of carbonyl (C=O) groups is 2. The van der Waals surface area contributed by atoms with E-state index in [1.807, 2.05) is 6.92 Å². The largest absolute Gasteiger partial charge is 0.479 e. The Balaban J connectivity index is 2.01. The quantitative estimate of drug-likeness (QED) is 0.589. The number of hydrogen-bond donors (Lipinski definition) is 2. The highest BCUT2D eigenvalue weighted by Crippen LogP contribution is 2.67. The molecule has 6 heteroatoms. The van der Waals surface area contributed by atoms with Gasteiger partial charge in [-0.1, -0.05) is 6.92 Å². The van der Waals surface area contributed by atoms with Crippen molar-refractivity contribution in [3.63, 3.8) is 0 Å². The summed E-state index contributed by atoms with van der Waals surface area (Å²) in [5.74, 6) is -0.310. The lowest BCUT2D eigenvalue weighted by molar-refractivity contribution is -0.164. The maximum atomic E-state index is 11.6. The first-order valence-corrected chi connectivity index (χ1v) is 5.93. The van der Waals surface area contributed by atoms with Crippen LogP contribution in [0.1, 0.15) is 13.3 Å². The standard InChI is InChI=1S/C9H12N2O3S/c1-8-2-9(8,7(13)14)11-5(12)4(10)6(11)15-3-8/h4,6H,2-3,10H2,1H3,(H,13,14). The summed E-state index contributed by atoms with van der Waals surface area (Å²) in [5, 5.41) is 9.17. The van der Waals surface area contributed by atoms with Gasteiger partial charge in [0.05, 0.1) is 0 Å². The fourth-order valence-electron chi connectivity index (χ4n) is 2.84. The molecule has 0 spiro atoms. The van der Waals surface area contributed by atoms with Crippen molar-refractivity contribution in [3.8, 4) is 0 Å². The van der Waals surface area contributed by atoms with E-state index in [2.05, 4.69) is 0 Å². The van der Waals surface area contributed by atoms with Crippen LogP contribution in [0.3, 0.4) is 0 Å². The third-order valence-electron chi connectivity index (χ3n) is 3.94. The number of amides is 1. The number of nitrogens with two attached hydrogens (primary N) is 1. The molecule has 1 saturated carbocycles. The number of carbonyl (C=O) groups excluding carboxylic acids is 1. The Morgan fingerprint density at radius 2 is 2.40 bits per heavy atom. The van der Waals surface area contributed by atoms with Gasteiger partial charge >= 0.3 is 5.97 Å². The first-order valence-electron chi connectivity index (χ1n) is 4.88. The summed E-state index contributed by atoms with van der Waals surface area (Å²) in [6, 6.07) is -0.503. The van der Waals surface area contributed by atoms with Crippen molar-refractivity contribution in [2.45, 2.75) is 30.3 Å². The molecule has 2 heterocycles.